The van der Waals surface area contributed by atoms with Gasteiger partial charge in [0.2, 0.25) is 0 Å². The van der Waals surface area contributed by atoms with Gasteiger partial charge >= 0.3 is 15.6 Å². The molecule has 4 rings (SSSR count). The number of aromatic nitrogens is 2. The van der Waals surface area contributed by atoms with Crippen LogP contribution in [0.5, 0.6) is 5.75 Å². The monoisotopic (exact) mass is 527 g/mol. The summed E-state index contributed by atoms with van der Waals surface area (Å²) in [6.45, 7) is 0. The van der Waals surface area contributed by atoms with Crippen LogP contribution in [0, 0.1) is 0 Å². The van der Waals surface area contributed by atoms with E-state index in [4.69, 9.17) is 5.73 Å². The van der Waals surface area contributed by atoms with Gasteiger partial charge in [0, 0.05) is 25.0 Å². The van der Waals surface area contributed by atoms with Gasteiger partial charge in [0.1, 0.15) is 12.1 Å². The van der Waals surface area contributed by atoms with E-state index in [1.165, 1.54) is 25.5 Å². The van der Waals surface area contributed by atoms with Crippen LogP contribution in [0.2, 0.25) is 0 Å². The fraction of sp³-hybridized carbons (Fsp3) is 0.143. The van der Waals surface area contributed by atoms with Crippen molar-refractivity contribution in [2.45, 2.75) is 11.0 Å². The summed E-state index contributed by atoms with van der Waals surface area (Å²) in [5.74, 6) is -1.37. The SMILES string of the molecule is CN1C(=O)C(c2cccc(OS(=O)(=O)C(F)(F)F)c2)(c2cccc(-c3cncnc3)c2)N=C1N.Cl. The summed E-state index contributed by atoms with van der Waals surface area (Å²) < 4.78 is 65.7. The summed E-state index contributed by atoms with van der Waals surface area (Å²) >= 11 is 0. The third-order valence-electron chi connectivity index (χ3n) is 5.16. The minimum absolute atomic E-state index is 0. The van der Waals surface area contributed by atoms with Gasteiger partial charge in [-0.1, -0.05) is 30.3 Å². The quantitative estimate of drug-likeness (QED) is 0.399. The van der Waals surface area contributed by atoms with E-state index in [1.807, 2.05) is 0 Å². The molecule has 0 saturated carbocycles. The van der Waals surface area contributed by atoms with Crippen LogP contribution >= 0.6 is 12.4 Å². The smallest absolute Gasteiger partial charge is 0.376 e. The minimum atomic E-state index is -5.92. The number of nitrogens with two attached hydrogens (primary N) is 1. The first-order chi connectivity index (χ1) is 16.0. The average Bonchev–Trinajstić information content (AvgIpc) is 3.04. The maximum absolute atomic E-state index is 13.4. The van der Waals surface area contributed by atoms with Crippen molar-refractivity contribution in [1.82, 2.24) is 14.9 Å². The molecule has 1 amide bonds. The number of guanidine groups is 1. The minimum Gasteiger partial charge on any atom is -0.376 e. The predicted molar refractivity (Wildman–Crippen MR) is 122 cm³/mol. The van der Waals surface area contributed by atoms with Gasteiger partial charge < -0.3 is 9.92 Å². The van der Waals surface area contributed by atoms with E-state index in [0.717, 1.165) is 17.0 Å². The molecule has 2 heterocycles. The zero-order valence-electron chi connectivity index (χ0n) is 17.8. The average molecular weight is 528 g/mol. The number of carbonyl (C=O) groups excluding carboxylic acids is 1. The number of likely N-dealkylation sites (N-methyl/N-ethyl adjacent to an activating group) is 1. The number of alkyl halides is 3. The molecule has 1 unspecified atom stereocenters. The molecule has 0 bridgehead atoms. The van der Waals surface area contributed by atoms with Gasteiger partial charge in [-0.25, -0.2) is 15.0 Å². The Morgan fingerprint density at radius 2 is 1.60 bits per heavy atom. The molecule has 1 aliphatic rings. The Bertz CT molecular complexity index is 1400. The fourth-order valence-corrected chi connectivity index (χ4v) is 3.95. The van der Waals surface area contributed by atoms with E-state index in [1.54, 1.807) is 36.7 Å². The normalized spacial score (nSPS) is 18.1. The number of carbonyl (C=O) groups is 1. The molecule has 184 valence electrons. The van der Waals surface area contributed by atoms with Crippen molar-refractivity contribution in [3.63, 3.8) is 0 Å². The zero-order valence-corrected chi connectivity index (χ0v) is 19.4. The van der Waals surface area contributed by atoms with Gasteiger partial charge in [0.25, 0.3) is 5.91 Å². The first kappa shape index (κ1) is 25.9. The molecule has 14 heteroatoms. The Morgan fingerprint density at radius 1 is 1.00 bits per heavy atom. The molecule has 9 nitrogen and oxygen atoms in total. The summed E-state index contributed by atoms with van der Waals surface area (Å²) in [7, 11) is -4.53. The highest BCUT2D eigenvalue weighted by Gasteiger charge is 2.51. The highest BCUT2D eigenvalue weighted by molar-refractivity contribution is 7.88. The molecular weight excluding hydrogens is 511 g/mol. The van der Waals surface area contributed by atoms with Crippen LogP contribution in [-0.2, 0) is 20.5 Å². The first-order valence-electron chi connectivity index (χ1n) is 9.56. The highest BCUT2D eigenvalue weighted by Crippen LogP contribution is 2.41. The second kappa shape index (κ2) is 9.15. The van der Waals surface area contributed by atoms with Gasteiger partial charge in [0.15, 0.2) is 11.5 Å². The lowest BCUT2D eigenvalue weighted by molar-refractivity contribution is -0.129. The van der Waals surface area contributed by atoms with E-state index in [2.05, 4.69) is 19.1 Å². The summed E-state index contributed by atoms with van der Waals surface area (Å²) in [6.07, 6.45) is 4.49. The predicted octanol–water partition coefficient (Wildman–Crippen LogP) is 2.82. The van der Waals surface area contributed by atoms with Gasteiger partial charge in [-0.05, 0) is 34.9 Å². The number of nitrogens with zero attached hydrogens (tertiary/aromatic N) is 4. The fourth-order valence-electron chi connectivity index (χ4n) is 3.50. The lowest BCUT2D eigenvalue weighted by Gasteiger charge is -2.27. The van der Waals surface area contributed by atoms with Crippen molar-refractivity contribution in [3.8, 4) is 16.9 Å². The van der Waals surface area contributed by atoms with Gasteiger partial charge in [-0.3, -0.25) is 9.69 Å². The summed E-state index contributed by atoms with van der Waals surface area (Å²) in [5.41, 5.74) is 0.172. The highest BCUT2D eigenvalue weighted by atomic mass is 35.5. The van der Waals surface area contributed by atoms with Crippen LogP contribution in [0.1, 0.15) is 11.1 Å². The molecular formula is C21H17ClF3N5O4S. The topological polar surface area (TPSA) is 128 Å². The molecule has 35 heavy (non-hydrogen) atoms. The van der Waals surface area contributed by atoms with E-state index < -0.39 is 32.8 Å². The molecule has 2 aromatic carbocycles. The van der Waals surface area contributed by atoms with E-state index in [9.17, 15) is 26.4 Å². The van der Waals surface area contributed by atoms with Gasteiger partial charge in [0.05, 0.1) is 0 Å². The Labute approximate surface area is 204 Å². The first-order valence-corrected chi connectivity index (χ1v) is 11.0. The molecule has 1 aromatic heterocycles. The Balaban J connectivity index is 0.00000342. The number of hydrogen-bond donors (Lipinski definition) is 1. The van der Waals surface area contributed by atoms with Crippen LogP contribution in [0.3, 0.4) is 0 Å². The number of rotatable bonds is 5. The Hall–Kier alpha value is -3.71. The summed E-state index contributed by atoms with van der Waals surface area (Å²) in [4.78, 5) is 26.8. The third kappa shape index (κ3) is 4.51. The third-order valence-corrected chi connectivity index (χ3v) is 6.13. The Morgan fingerprint density at radius 3 is 2.17 bits per heavy atom. The maximum atomic E-state index is 13.4. The molecule has 0 spiro atoms. The van der Waals surface area contributed by atoms with E-state index in [-0.39, 0.29) is 23.9 Å². The second-order valence-electron chi connectivity index (χ2n) is 7.26. The van der Waals surface area contributed by atoms with Gasteiger partial charge in [-0.2, -0.15) is 21.6 Å². The molecule has 0 radical (unpaired) electrons. The largest absolute Gasteiger partial charge is 0.534 e. The van der Waals surface area contributed by atoms with Crippen LogP contribution in [0.4, 0.5) is 13.2 Å². The lowest BCUT2D eigenvalue weighted by Crippen LogP contribution is -2.41. The van der Waals surface area contributed by atoms with Crippen LogP contribution in [0.25, 0.3) is 11.1 Å². The molecule has 1 atom stereocenters. The van der Waals surface area contributed by atoms with Crippen LogP contribution < -0.4 is 9.92 Å². The summed E-state index contributed by atoms with van der Waals surface area (Å²) in [5, 5.41) is 0. The molecule has 2 N–H and O–H groups in total. The molecule has 0 aliphatic carbocycles. The van der Waals surface area contributed by atoms with E-state index in [0.29, 0.717) is 16.7 Å². The van der Waals surface area contributed by atoms with Crippen molar-refractivity contribution in [2.75, 3.05) is 7.05 Å². The summed E-state index contributed by atoms with van der Waals surface area (Å²) in [6, 6.07) is 11.4. The molecule has 0 fully saturated rings. The molecule has 3 aromatic rings. The number of amides is 1. The number of halogens is 4. The molecule has 1 aliphatic heterocycles. The maximum Gasteiger partial charge on any atom is 0.534 e. The van der Waals surface area contributed by atoms with Crippen molar-refractivity contribution in [3.05, 3.63) is 78.4 Å². The van der Waals surface area contributed by atoms with Crippen molar-refractivity contribution in [2.24, 2.45) is 10.7 Å². The van der Waals surface area contributed by atoms with Crippen LogP contribution in [0.15, 0.2) is 72.2 Å². The van der Waals surface area contributed by atoms with Crippen molar-refractivity contribution >= 4 is 34.4 Å². The van der Waals surface area contributed by atoms with Crippen LogP contribution in [-0.4, -0.2) is 47.7 Å². The Kier molecular flexibility index (Phi) is 6.77. The standard InChI is InChI=1S/C21H16F3N5O4S.ClH/c1-29-18(30)20(28-19(29)25,15-5-2-4-13(8-15)14-10-26-12-27-11-14)16-6-3-7-17(9-16)33-34(31,32)21(22,23)24;/h2-12H,1H3,(H2,25,28);1H. The number of aliphatic imine (C=N–C) groups is 1. The van der Waals surface area contributed by atoms with Gasteiger partial charge in [-0.15, -0.1) is 12.4 Å². The second-order valence-corrected chi connectivity index (χ2v) is 8.80. The van der Waals surface area contributed by atoms with E-state index >= 15 is 0 Å². The lowest BCUT2D eigenvalue weighted by atomic mass is 9.81. The number of benzene rings is 2. The van der Waals surface area contributed by atoms with Crippen molar-refractivity contribution < 1.29 is 30.6 Å². The van der Waals surface area contributed by atoms with Crippen molar-refractivity contribution in [1.29, 1.82) is 0 Å². The zero-order chi connectivity index (χ0) is 24.7. The molecule has 0 saturated heterocycles. The number of hydrogen-bond acceptors (Lipinski definition) is 8.